The number of rotatable bonds is 3. The monoisotopic (exact) mass is 248 g/mol. The van der Waals surface area contributed by atoms with Gasteiger partial charge in [-0.1, -0.05) is 0 Å². The second-order valence-corrected chi connectivity index (χ2v) is 6.42. The summed E-state index contributed by atoms with van der Waals surface area (Å²) in [6, 6.07) is 0. The SMILES string of the molecule is c1sc(-c2nc(C3CC3)cs2)nc1C1CC1. The summed E-state index contributed by atoms with van der Waals surface area (Å²) in [5.74, 6) is 1.51. The van der Waals surface area contributed by atoms with Gasteiger partial charge in [-0.3, -0.25) is 0 Å². The fourth-order valence-corrected chi connectivity index (χ4v) is 3.75. The van der Waals surface area contributed by atoms with Crippen LogP contribution in [0.5, 0.6) is 0 Å². The van der Waals surface area contributed by atoms with Crippen molar-refractivity contribution in [3.05, 3.63) is 22.1 Å². The van der Waals surface area contributed by atoms with E-state index in [2.05, 4.69) is 10.8 Å². The summed E-state index contributed by atoms with van der Waals surface area (Å²) < 4.78 is 0. The second kappa shape index (κ2) is 3.37. The van der Waals surface area contributed by atoms with E-state index in [1.54, 1.807) is 22.7 Å². The van der Waals surface area contributed by atoms with Crippen LogP contribution in [0.15, 0.2) is 10.8 Å². The third kappa shape index (κ3) is 1.60. The second-order valence-electron chi connectivity index (χ2n) is 4.70. The first kappa shape index (κ1) is 9.31. The average Bonchev–Trinajstić information content (AvgIpc) is 3.23. The van der Waals surface area contributed by atoms with Crippen LogP contribution in [0.2, 0.25) is 0 Å². The summed E-state index contributed by atoms with van der Waals surface area (Å²) in [7, 11) is 0. The molecule has 0 saturated heterocycles. The van der Waals surface area contributed by atoms with Crippen LogP contribution in [0.25, 0.3) is 10.0 Å². The van der Waals surface area contributed by atoms with E-state index in [1.807, 2.05) is 0 Å². The Kier molecular flexibility index (Phi) is 1.96. The minimum Gasteiger partial charge on any atom is -0.238 e. The average molecular weight is 248 g/mol. The molecule has 2 heterocycles. The lowest BCUT2D eigenvalue weighted by molar-refractivity contribution is 1.04. The van der Waals surface area contributed by atoms with Gasteiger partial charge in [0.25, 0.3) is 0 Å². The predicted molar refractivity (Wildman–Crippen MR) is 67.2 cm³/mol. The minimum atomic E-state index is 0.757. The van der Waals surface area contributed by atoms with Crippen molar-refractivity contribution >= 4 is 22.7 Å². The molecule has 0 spiro atoms. The van der Waals surface area contributed by atoms with Crippen molar-refractivity contribution in [2.45, 2.75) is 37.5 Å². The Balaban J connectivity index is 1.65. The Labute approximate surface area is 102 Å². The topological polar surface area (TPSA) is 25.8 Å². The highest BCUT2D eigenvalue weighted by molar-refractivity contribution is 7.19. The number of hydrogen-bond acceptors (Lipinski definition) is 4. The van der Waals surface area contributed by atoms with Crippen molar-refractivity contribution in [1.82, 2.24) is 9.97 Å². The molecule has 0 bridgehead atoms. The molecule has 0 atom stereocenters. The smallest absolute Gasteiger partial charge is 0.152 e. The maximum atomic E-state index is 4.70. The van der Waals surface area contributed by atoms with E-state index in [9.17, 15) is 0 Å². The van der Waals surface area contributed by atoms with Crippen molar-refractivity contribution in [3.63, 3.8) is 0 Å². The predicted octanol–water partition coefficient (Wildman–Crippen LogP) is 4.02. The third-order valence-electron chi connectivity index (χ3n) is 3.22. The summed E-state index contributed by atoms with van der Waals surface area (Å²) >= 11 is 3.51. The van der Waals surface area contributed by atoms with E-state index in [1.165, 1.54) is 37.1 Å². The lowest BCUT2D eigenvalue weighted by Crippen LogP contribution is -1.81. The van der Waals surface area contributed by atoms with Gasteiger partial charge in [0.05, 0.1) is 11.4 Å². The Bertz CT molecular complexity index is 472. The standard InChI is InChI=1S/C12H12N2S2/c1-2-7(1)9-5-15-11(13-9)12-14-10(6-16-12)8-3-4-8/h5-8H,1-4H2. The normalized spacial score (nSPS) is 20.2. The molecule has 2 aromatic rings. The van der Waals surface area contributed by atoms with Gasteiger partial charge in [-0.05, 0) is 25.7 Å². The maximum absolute atomic E-state index is 4.70. The fourth-order valence-electron chi connectivity index (χ4n) is 1.90. The van der Waals surface area contributed by atoms with Gasteiger partial charge in [0.2, 0.25) is 0 Å². The summed E-state index contributed by atoms with van der Waals surface area (Å²) in [6.45, 7) is 0. The molecular weight excluding hydrogens is 236 g/mol. The number of thiazole rings is 2. The lowest BCUT2D eigenvalue weighted by atomic mass is 10.3. The van der Waals surface area contributed by atoms with Crippen LogP contribution in [-0.2, 0) is 0 Å². The molecule has 0 unspecified atom stereocenters. The Morgan fingerprint density at radius 2 is 1.25 bits per heavy atom. The number of hydrogen-bond donors (Lipinski definition) is 0. The summed E-state index contributed by atoms with van der Waals surface area (Å²) in [5.41, 5.74) is 2.59. The van der Waals surface area contributed by atoms with Crippen LogP contribution >= 0.6 is 22.7 Å². The molecule has 0 aliphatic heterocycles. The van der Waals surface area contributed by atoms with Gasteiger partial charge in [-0.25, -0.2) is 9.97 Å². The van der Waals surface area contributed by atoms with E-state index in [0.717, 1.165) is 21.9 Å². The molecule has 2 aliphatic carbocycles. The zero-order valence-corrected chi connectivity index (χ0v) is 10.5. The molecule has 82 valence electrons. The summed E-state index contributed by atoms with van der Waals surface area (Å²) in [6.07, 6.45) is 5.31. The molecular formula is C12H12N2S2. The highest BCUT2D eigenvalue weighted by atomic mass is 32.1. The summed E-state index contributed by atoms with van der Waals surface area (Å²) in [4.78, 5) is 9.40. The molecule has 4 rings (SSSR count). The lowest BCUT2D eigenvalue weighted by Gasteiger charge is -1.88. The molecule has 0 aromatic carbocycles. The van der Waals surface area contributed by atoms with Crippen molar-refractivity contribution < 1.29 is 0 Å². The molecule has 16 heavy (non-hydrogen) atoms. The van der Waals surface area contributed by atoms with Crippen LogP contribution in [-0.4, -0.2) is 9.97 Å². The van der Waals surface area contributed by atoms with Gasteiger partial charge in [0, 0.05) is 22.6 Å². The molecule has 2 aliphatic rings. The van der Waals surface area contributed by atoms with Crippen LogP contribution in [0.4, 0.5) is 0 Å². The Hall–Kier alpha value is -0.740. The van der Waals surface area contributed by atoms with Gasteiger partial charge in [-0.2, -0.15) is 0 Å². The van der Waals surface area contributed by atoms with Gasteiger partial charge < -0.3 is 0 Å². The Morgan fingerprint density at radius 1 is 0.812 bits per heavy atom. The van der Waals surface area contributed by atoms with Crippen LogP contribution in [0.1, 0.15) is 48.9 Å². The van der Waals surface area contributed by atoms with Crippen molar-refractivity contribution in [3.8, 4) is 10.0 Å². The van der Waals surface area contributed by atoms with Gasteiger partial charge in [-0.15, -0.1) is 22.7 Å². The fraction of sp³-hybridized carbons (Fsp3) is 0.500. The zero-order valence-electron chi connectivity index (χ0n) is 8.85. The van der Waals surface area contributed by atoms with Gasteiger partial charge in [0.15, 0.2) is 10.0 Å². The Morgan fingerprint density at radius 3 is 1.62 bits per heavy atom. The van der Waals surface area contributed by atoms with Gasteiger partial charge >= 0.3 is 0 Å². The number of nitrogens with zero attached hydrogens (tertiary/aromatic N) is 2. The highest BCUT2D eigenvalue weighted by Gasteiger charge is 2.28. The van der Waals surface area contributed by atoms with Gasteiger partial charge in [0.1, 0.15) is 0 Å². The van der Waals surface area contributed by atoms with Crippen LogP contribution < -0.4 is 0 Å². The summed E-state index contributed by atoms with van der Waals surface area (Å²) in [5, 5.41) is 6.67. The first-order chi connectivity index (χ1) is 7.90. The van der Waals surface area contributed by atoms with E-state index >= 15 is 0 Å². The van der Waals surface area contributed by atoms with Crippen LogP contribution in [0, 0.1) is 0 Å². The van der Waals surface area contributed by atoms with E-state index < -0.39 is 0 Å². The van der Waals surface area contributed by atoms with E-state index in [-0.39, 0.29) is 0 Å². The van der Waals surface area contributed by atoms with Crippen LogP contribution in [0.3, 0.4) is 0 Å². The molecule has 2 aromatic heterocycles. The first-order valence-electron chi connectivity index (χ1n) is 5.81. The molecule has 2 saturated carbocycles. The van der Waals surface area contributed by atoms with Crippen molar-refractivity contribution in [1.29, 1.82) is 0 Å². The largest absolute Gasteiger partial charge is 0.238 e. The zero-order chi connectivity index (χ0) is 10.5. The van der Waals surface area contributed by atoms with E-state index in [0.29, 0.717) is 0 Å². The maximum Gasteiger partial charge on any atom is 0.152 e. The quantitative estimate of drug-likeness (QED) is 0.819. The van der Waals surface area contributed by atoms with Crippen molar-refractivity contribution in [2.24, 2.45) is 0 Å². The van der Waals surface area contributed by atoms with E-state index in [4.69, 9.17) is 9.97 Å². The molecule has 4 heteroatoms. The molecule has 2 nitrogen and oxygen atoms in total. The minimum absolute atomic E-state index is 0.757. The van der Waals surface area contributed by atoms with Crippen molar-refractivity contribution in [2.75, 3.05) is 0 Å². The molecule has 0 radical (unpaired) electrons. The first-order valence-corrected chi connectivity index (χ1v) is 7.57. The molecule has 0 N–H and O–H groups in total. The molecule has 2 fully saturated rings. The number of aromatic nitrogens is 2. The highest BCUT2D eigenvalue weighted by Crippen LogP contribution is 2.44. The molecule has 0 amide bonds. The third-order valence-corrected chi connectivity index (χ3v) is 5.08.